The highest BCUT2D eigenvalue weighted by Gasteiger charge is 2.35. The van der Waals surface area contributed by atoms with Gasteiger partial charge in [0.1, 0.15) is 5.82 Å². The number of hydrogen-bond donors (Lipinski definition) is 1. The van der Waals surface area contributed by atoms with Crippen molar-refractivity contribution in [2.24, 2.45) is 11.3 Å². The molecule has 1 N–H and O–H groups in total. The standard InChI is InChI=1S/C20H27ClFNO/c1-3-9-20(2)10-8-18(15-6-7-16(21)17(22)11-15)23-19(12-24-13-20)14-4-5-14/h3,6-7,11,14,18-19,23H,1,4-5,8-10,12-13H2,2H3/t18?,19?,20-/m0/s1. The van der Waals surface area contributed by atoms with Crippen molar-refractivity contribution in [1.29, 1.82) is 0 Å². The van der Waals surface area contributed by atoms with Crippen molar-refractivity contribution in [2.75, 3.05) is 13.2 Å². The maximum absolute atomic E-state index is 13.9. The van der Waals surface area contributed by atoms with Crippen LogP contribution in [0, 0.1) is 17.2 Å². The van der Waals surface area contributed by atoms with Gasteiger partial charge in [0.2, 0.25) is 0 Å². The van der Waals surface area contributed by atoms with Gasteiger partial charge < -0.3 is 10.1 Å². The van der Waals surface area contributed by atoms with Gasteiger partial charge in [0.25, 0.3) is 0 Å². The normalized spacial score (nSPS) is 31.8. The molecule has 2 fully saturated rings. The smallest absolute Gasteiger partial charge is 0.142 e. The first-order chi connectivity index (χ1) is 11.5. The van der Waals surface area contributed by atoms with E-state index in [9.17, 15) is 4.39 Å². The van der Waals surface area contributed by atoms with Crippen LogP contribution >= 0.6 is 11.6 Å². The van der Waals surface area contributed by atoms with E-state index in [1.807, 2.05) is 12.1 Å². The molecule has 1 aliphatic carbocycles. The van der Waals surface area contributed by atoms with Crippen LogP contribution in [0.5, 0.6) is 0 Å². The number of benzene rings is 1. The Bertz CT molecular complexity index is 589. The van der Waals surface area contributed by atoms with E-state index in [0.29, 0.717) is 12.0 Å². The minimum absolute atomic E-state index is 0.0884. The number of hydrogen-bond acceptors (Lipinski definition) is 2. The Balaban J connectivity index is 1.82. The van der Waals surface area contributed by atoms with Gasteiger partial charge in [-0.2, -0.15) is 0 Å². The monoisotopic (exact) mass is 351 g/mol. The molecule has 0 radical (unpaired) electrons. The fourth-order valence-electron chi connectivity index (χ4n) is 3.66. The highest BCUT2D eigenvalue weighted by Crippen LogP contribution is 2.38. The lowest BCUT2D eigenvalue weighted by atomic mass is 9.81. The van der Waals surface area contributed by atoms with Crippen molar-refractivity contribution in [3.05, 3.63) is 47.3 Å². The van der Waals surface area contributed by atoms with E-state index in [4.69, 9.17) is 16.3 Å². The number of nitrogens with one attached hydrogen (secondary N) is 1. The molecule has 3 atom stereocenters. The lowest BCUT2D eigenvalue weighted by Gasteiger charge is -2.29. The van der Waals surface area contributed by atoms with E-state index in [1.54, 1.807) is 12.1 Å². The summed E-state index contributed by atoms with van der Waals surface area (Å²) in [5.74, 6) is 0.345. The van der Waals surface area contributed by atoms with Crippen molar-refractivity contribution >= 4 is 11.6 Å². The highest BCUT2D eigenvalue weighted by molar-refractivity contribution is 6.30. The van der Waals surface area contributed by atoms with Crippen LogP contribution in [0.1, 0.15) is 50.6 Å². The quantitative estimate of drug-likeness (QED) is 0.745. The zero-order valence-corrected chi connectivity index (χ0v) is 15.1. The van der Waals surface area contributed by atoms with E-state index in [-0.39, 0.29) is 22.3 Å². The number of allylic oxidation sites excluding steroid dienone is 1. The van der Waals surface area contributed by atoms with Crippen LogP contribution in [0.3, 0.4) is 0 Å². The lowest BCUT2D eigenvalue weighted by molar-refractivity contribution is 0.0409. The van der Waals surface area contributed by atoms with Gasteiger partial charge in [0.15, 0.2) is 0 Å². The first kappa shape index (κ1) is 17.9. The van der Waals surface area contributed by atoms with Gasteiger partial charge in [-0.1, -0.05) is 30.7 Å². The molecule has 132 valence electrons. The van der Waals surface area contributed by atoms with Crippen molar-refractivity contribution in [3.8, 4) is 0 Å². The van der Waals surface area contributed by atoms with E-state index in [0.717, 1.165) is 38.0 Å². The summed E-state index contributed by atoms with van der Waals surface area (Å²) in [5.41, 5.74) is 1.07. The average molecular weight is 352 g/mol. The fraction of sp³-hybridized carbons (Fsp3) is 0.600. The summed E-state index contributed by atoms with van der Waals surface area (Å²) in [6.45, 7) is 7.63. The van der Waals surface area contributed by atoms with Crippen LogP contribution in [0.25, 0.3) is 0 Å². The van der Waals surface area contributed by atoms with Crippen molar-refractivity contribution in [2.45, 2.75) is 51.1 Å². The van der Waals surface area contributed by atoms with E-state index >= 15 is 0 Å². The second-order valence-electron chi connectivity index (χ2n) is 7.69. The van der Waals surface area contributed by atoms with Gasteiger partial charge in [-0.05, 0) is 61.1 Å². The van der Waals surface area contributed by atoms with Gasteiger partial charge in [0, 0.05) is 12.1 Å². The summed E-state index contributed by atoms with van der Waals surface area (Å²) in [7, 11) is 0. The van der Waals surface area contributed by atoms with Gasteiger partial charge in [-0.3, -0.25) is 0 Å². The molecule has 1 saturated heterocycles. The molecule has 1 aromatic carbocycles. The molecule has 4 heteroatoms. The van der Waals surface area contributed by atoms with E-state index < -0.39 is 0 Å². The third kappa shape index (κ3) is 4.38. The Morgan fingerprint density at radius 2 is 2.21 bits per heavy atom. The Hall–Kier alpha value is -0.900. The Morgan fingerprint density at radius 3 is 2.88 bits per heavy atom. The van der Waals surface area contributed by atoms with Gasteiger partial charge >= 0.3 is 0 Å². The Kier molecular flexibility index (Phi) is 5.63. The van der Waals surface area contributed by atoms with E-state index in [1.165, 1.54) is 12.8 Å². The molecule has 1 saturated carbocycles. The third-order valence-electron chi connectivity index (χ3n) is 5.37. The maximum atomic E-state index is 13.9. The maximum Gasteiger partial charge on any atom is 0.142 e. The Labute approximate surface area is 149 Å². The van der Waals surface area contributed by atoms with Gasteiger partial charge in [-0.15, -0.1) is 6.58 Å². The fourth-order valence-corrected chi connectivity index (χ4v) is 3.78. The second kappa shape index (κ2) is 7.55. The van der Waals surface area contributed by atoms with Crippen LogP contribution in [-0.4, -0.2) is 19.3 Å². The largest absolute Gasteiger partial charge is 0.379 e. The molecule has 3 rings (SSSR count). The minimum atomic E-state index is -0.344. The predicted octanol–water partition coefficient (Wildman–Crippen LogP) is 5.28. The first-order valence-electron chi connectivity index (χ1n) is 8.90. The van der Waals surface area contributed by atoms with Crippen molar-refractivity contribution in [1.82, 2.24) is 5.32 Å². The zero-order chi connectivity index (χ0) is 17.2. The summed E-state index contributed by atoms with van der Waals surface area (Å²) in [6.07, 6.45) is 7.39. The molecule has 2 aliphatic rings. The highest BCUT2D eigenvalue weighted by atomic mass is 35.5. The van der Waals surface area contributed by atoms with Crippen LogP contribution in [0.15, 0.2) is 30.9 Å². The number of halogens is 2. The summed E-state index contributed by atoms with van der Waals surface area (Å²) in [5, 5.41) is 3.92. The summed E-state index contributed by atoms with van der Waals surface area (Å²) in [6, 6.07) is 5.66. The topological polar surface area (TPSA) is 21.3 Å². The zero-order valence-electron chi connectivity index (χ0n) is 14.4. The van der Waals surface area contributed by atoms with Crippen LogP contribution < -0.4 is 5.32 Å². The minimum Gasteiger partial charge on any atom is -0.379 e. The molecule has 2 unspecified atom stereocenters. The Morgan fingerprint density at radius 1 is 1.42 bits per heavy atom. The van der Waals surface area contributed by atoms with Gasteiger partial charge in [-0.25, -0.2) is 4.39 Å². The molecule has 0 spiro atoms. The lowest BCUT2D eigenvalue weighted by Crippen LogP contribution is -2.37. The summed E-state index contributed by atoms with van der Waals surface area (Å²) in [4.78, 5) is 0. The van der Waals surface area contributed by atoms with Crippen LogP contribution in [0.4, 0.5) is 4.39 Å². The second-order valence-corrected chi connectivity index (χ2v) is 8.10. The SMILES string of the molecule is C=CC[C@@]1(C)CCC(c2ccc(Cl)c(F)c2)NC(C2CC2)COC1. The van der Waals surface area contributed by atoms with Crippen LogP contribution in [-0.2, 0) is 4.74 Å². The van der Waals surface area contributed by atoms with Gasteiger partial charge in [0.05, 0.1) is 18.2 Å². The van der Waals surface area contributed by atoms with Crippen LogP contribution in [0.2, 0.25) is 5.02 Å². The molecule has 2 nitrogen and oxygen atoms in total. The predicted molar refractivity (Wildman–Crippen MR) is 96.8 cm³/mol. The molecule has 0 bridgehead atoms. The molecule has 1 aromatic rings. The molecular weight excluding hydrogens is 325 g/mol. The molecule has 0 aromatic heterocycles. The molecule has 1 heterocycles. The summed E-state index contributed by atoms with van der Waals surface area (Å²) >= 11 is 5.85. The third-order valence-corrected chi connectivity index (χ3v) is 5.68. The first-order valence-corrected chi connectivity index (χ1v) is 9.28. The number of rotatable bonds is 4. The summed E-state index contributed by atoms with van der Waals surface area (Å²) < 4.78 is 20.0. The molecule has 0 amide bonds. The average Bonchev–Trinajstić information content (AvgIpc) is 3.37. The molecule has 1 aliphatic heterocycles. The molecular formula is C20H27ClFNO. The number of ether oxygens (including phenoxy) is 1. The van der Waals surface area contributed by atoms with Crippen molar-refractivity contribution in [3.63, 3.8) is 0 Å². The van der Waals surface area contributed by atoms with Crippen molar-refractivity contribution < 1.29 is 9.13 Å². The van der Waals surface area contributed by atoms with E-state index in [2.05, 4.69) is 18.8 Å². The molecule has 24 heavy (non-hydrogen) atoms.